The third-order valence-electron chi connectivity index (χ3n) is 4.86. The minimum Gasteiger partial charge on any atom is -0.484 e. The molecule has 2 aromatic rings. The van der Waals surface area contributed by atoms with Gasteiger partial charge in [-0.25, -0.2) is 0 Å². The molecule has 0 heterocycles. The van der Waals surface area contributed by atoms with Gasteiger partial charge < -0.3 is 15.0 Å². The van der Waals surface area contributed by atoms with Crippen LogP contribution in [0.3, 0.4) is 0 Å². The van der Waals surface area contributed by atoms with Gasteiger partial charge in [0.2, 0.25) is 5.91 Å². The van der Waals surface area contributed by atoms with E-state index in [1.54, 1.807) is 4.90 Å². The highest BCUT2D eigenvalue weighted by molar-refractivity contribution is 5.88. The predicted octanol–water partition coefficient (Wildman–Crippen LogP) is 3.75. The molecular formula is C24H32N2O3. The highest BCUT2D eigenvalue weighted by Gasteiger charge is 2.28. The highest BCUT2D eigenvalue weighted by Crippen LogP contribution is 2.17. The highest BCUT2D eigenvalue weighted by atomic mass is 16.5. The fourth-order valence-corrected chi connectivity index (χ4v) is 3.20. The minimum absolute atomic E-state index is 0.0861. The molecule has 0 unspecified atom stereocenters. The van der Waals surface area contributed by atoms with Crippen molar-refractivity contribution in [1.29, 1.82) is 0 Å². The largest absolute Gasteiger partial charge is 0.484 e. The predicted molar refractivity (Wildman–Crippen MR) is 116 cm³/mol. The monoisotopic (exact) mass is 396 g/mol. The van der Waals surface area contributed by atoms with E-state index in [1.807, 2.05) is 75.4 Å². The number of para-hydroxylation sites is 1. The molecule has 0 bridgehead atoms. The van der Waals surface area contributed by atoms with Crippen LogP contribution in [-0.2, 0) is 16.0 Å². The number of ether oxygens (including phenoxy) is 1. The molecule has 0 spiro atoms. The normalized spacial score (nSPS) is 11.6. The third-order valence-corrected chi connectivity index (χ3v) is 4.86. The van der Waals surface area contributed by atoms with Gasteiger partial charge in [-0.2, -0.15) is 0 Å². The van der Waals surface area contributed by atoms with Gasteiger partial charge in [-0.15, -0.1) is 0 Å². The van der Waals surface area contributed by atoms with Crippen molar-refractivity contribution in [2.45, 2.75) is 46.1 Å². The maximum absolute atomic E-state index is 13.0. The van der Waals surface area contributed by atoms with Crippen molar-refractivity contribution in [3.8, 4) is 5.75 Å². The lowest BCUT2D eigenvalue weighted by Gasteiger charge is -2.30. The van der Waals surface area contributed by atoms with Crippen LogP contribution in [0.5, 0.6) is 5.75 Å². The van der Waals surface area contributed by atoms with Crippen molar-refractivity contribution in [3.05, 3.63) is 65.7 Å². The number of amides is 2. The molecule has 0 fully saturated rings. The van der Waals surface area contributed by atoms with Gasteiger partial charge in [0.25, 0.3) is 5.91 Å². The number of carbonyl (C=O) groups excluding carboxylic acids is 2. The number of benzene rings is 2. The van der Waals surface area contributed by atoms with E-state index in [1.165, 1.54) is 0 Å². The van der Waals surface area contributed by atoms with E-state index in [9.17, 15) is 9.59 Å². The number of rotatable bonds is 11. The van der Waals surface area contributed by atoms with Gasteiger partial charge >= 0.3 is 0 Å². The molecule has 0 aliphatic carbocycles. The lowest BCUT2D eigenvalue weighted by atomic mass is 10.1. The molecule has 0 saturated heterocycles. The molecule has 2 rings (SSSR count). The van der Waals surface area contributed by atoms with Crippen LogP contribution in [0.1, 0.15) is 37.8 Å². The topological polar surface area (TPSA) is 58.6 Å². The van der Waals surface area contributed by atoms with Crippen molar-refractivity contribution >= 4 is 11.8 Å². The molecule has 1 atom stereocenters. The van der Waals surface area contributed by atoms with E-state index in [2.05, 4.69) is 5.32 Å². The zero-order valence-corrected chi connectivity index (χ0v) is 17.7. The Kier molecular flexibility index (Phi) is 9.22. The molecule has 156 valence electrons. The average molecular weight is 397 g/mol. The molecule has 0 aliphatic heterocycles. The second kappa shape index (κ2) is 11.9. The van der Waals surface area contributed by atoms with E-state index >= 15 is 0 Å². The van der Waals surface area contributed by atoms with E-state index in [4.69, 9.17) is 4.74 Å². The van der Waals surface area contributed by atoms with E-state index in [0.29, 0.717) is 31.7 Å². The Morgan fingerprint density at radius 2 is 1.72 bits per heavy atom. The van der Waals surface area contributed by atoms with Gasteiger partial charge in [0, 0.05) is 13.1 Å². The van der Waals surface area contributed by atoms with Crippen LogP contribution in [0.25, 0.3) is 0 Å². The van der Waals surface area contributed by atoms with E-state index in [-0.39, 0.29) is 18.4 Å². The van der Waals surface area contributed by atoms with Crippen LogP contribution in [0, 0.1) is 6.92 Å². The Bertz CT molecular complexity index is 777. The van der Waals surface area contributed by atoms with Gasteiger partial charge in [0.1, 0.15) is 11.8 Å². The summed E-state index contributed by atoms with van der Waals surface area (Å²) in [7, 11) is 0. The van der Waals surface area contributed by atoms with Gasteiger partial charge in [0.15, 0.2) is 6.61 Å². The molecule has 1 N–H and O–H groups in total. The van der Waals surface area contributed by atoms with Gasteiger partial charge in [0.05, 0.1) is 0 Å². The Labute approximate surface area is 174 Å². The molecule has 0 aromatic heterocycles. The first-order chi connectivity index (χ1) is 14.1. The van der Waals surface area contributed by atoms with Crippen molar-refractivity contribution in [3.63, 3.8) is 0 Å². The summed E-state index contributed by atoms with van der Waals surface area (Å²) in [5.41, 5.74) is 2.11. The van der Waals surface area contributed by atoms with Crippen molar-refractivity contribution in [2.75, 3.05) is 19.7 Å². The quantitative estimate of drug-likeness (QED) is 0.629. The SMILES string of the molecule is CCCNC(=O)[C@H](CC)N(CCc1ccccc1)C(=O)COc1ccccc1C. The number of nitrogens with one attached hydrogen (secondary N) is 1. The molecule has 5 nitrogen and oxygen atoms in total. The average Bonchev–Trinajstić information content (AvgIpc) is 2.74. The summed E-state index contributed by atoms with van der Waals surface area (Å²) < 4.78 is 5.76. The number of nitrogens with zero attached hydrogens (tertiary/aromatic N) is 1. The minimum atomic E-state index is -0.502. The van der Waals surface area contributed by atoms with Crippen LogP contribution < -0.4 is 10.1 Å². The molecule has 0 radical (unpaired) electrons. The first kappa shape index (κ1) is 22.5. The molecule has 5 heteroatoms. The summed E-state index contributed by atoms with van der Waals surface area (Å²) >= 11 is 0. The first-order valence-electron chi connectivity index (χ1n) is 10.4. The standard InChI is InChI=1S/C24H32N2O3/c1-4-16-25-24(28)21(5-2)26(17-15-20-12-7-6-8-13-20)23(27)18-29-22-14-10-9-11-19(22)3/h6-14,21H,4-5,15-18H2,1-3H3,(H,25,28)/t21-/m0/s1. The van der Waals surface area contributed by atoms with Crippen molar-refractivity contribution < 1.29 is 14.3 Å². The van der Waals surface area contributed by atoms with Gasteiger partial charge in [-0.1, -0.05) is 62.4 Å². The number of carbonyl (C=O) groups is 2. The van der Waals surface area contributed by atoms with Gasteiger partial charge in [-0.05, 0) is 43.4 Å². The smallest absolute Gasteiger partial charge is 0.261 e. The summed E-state index contributed by atoms with van der Waals surface area (Å²) in [6.07, 6.45) is 2.10. The van der Waals surface area contributed by atoms with Crippen LogP contribution in [0.4, 0.5) is 0 Å². The van der Waals surface area contributed by atoms with Crippen LogP contribution >= 0.6 is 0 Å². The Morgan fingerprint density at radius 3 is 2.38 bits per heavy atom. The molecule has 0 aliphatic rings. The van der Waals surface area contributed by atoms with E-state index in [0.717, 1.165) is 17.5 Å². The molecule has 2 amide bonds. The summed E-state index contributed by atoms with van der Waals surface area (Å²) in [6.45, 7) is 6.88. The summed E-state index contributed by atoms with van der Waals surface area (Å²) in [6, 6.07) is 17.1. The van der Waals surface area contributed by atoms with Crippen molar-refractivity contribution in [1.82, 2.24) is 10.2 Å². The maximum atomic E-state index is 13.0. The maximum Gasteiger partial charge on any atom is 0.261 e. The van der Waals surface area contributed by atoms with E-state index < -0.39 is 6.04 Å². The second-order valence-corrected chi connectivity index (χ2v) is 7.09. The summed E-state index contributed by atoms with van der Waals surface area (Å²) in [5, 5.41) is 2.93. The lowest BCUT2D eigenvalue weighted by Crippen LogP contribution is -2.51. The lowest BCUT2D eigenvalue weighted by molar-refractivity contribution is -0.142. The fraction of sp³-hybridized carbons (Fsp3) is 0.417. The number of aryl methyl sites for hydroxylation is 1. The molecule has 2 aromatic carbocycles. The molecular weight excluding hydrogens is 364 g/mol. The van der Waals surface area contributed by atoms with Crippen LogP contribution in [0.15, 0.2) is 54.6 Å². The van der Waals surface area contributed by atoms with Crippen LogP contribution in [-0.4, -0.2) is 42.5 Å². The Balaban J connectivity index is 2.11. The zero-order chi connectivity index (χ0) is 21.1. The number of hydrogen-bond donors (Lipinski definition) is 1. The second-order valence-electron chi connectivity index (χ2n) is 7.09. The fourth-order valence-electron chi connectivity index (χ4n) is 3.20. The number of hydrogen-bond acceptors (Lipinski definition) is 3. The molecule has 0 saturated carbocycles. The van der Waals surface area contributed by atoms with Crippen molar-refractivity contribution in [2.24, 2.45) is 0 Å². The third kappa shape index (κ3) is 6.93. The summed E-state index contributed by atoms with van der Waals surface area (Å²) in [4.78, 5) is 27.4. The zero-order valence-electron chi connectivity index (χ0n) is 17.7. The Hall–Kier alpha value is -2.82. The Morgan fingerprint density at radius 1 is 1.03 bits per heavy atom. The van der Waals surface area contributed by atoms with Gasteiger partial charge in [-0.3, -0.25) is 9.59 Å². The first-order valence-corrected chi connectivity index (χ1v) is 10.4. The van der Waals surface area contributed by atoms with Crippen LogP contribution in [0.2, 0.25) is 0 Å². The molecule has 29 heavy (non-hydrogen) atoms. The summed E-state index contributed by atoms with van der Waals surface area (Å²) in [5.74, 6) is 0.404.